The van der Waals surface area contributed by atoms with Crippen LogP contribution in [0, 0.1) is 0 Å². The molecule has 1 unspecified atom stereocenters. The minimum absolute atomic E-state index is 0.0871. The van der Waals surface area contributed by atoms with Gasteiger partial charge in [-0.3, -0.25) is 4.79 Å². The molecule has 100 valence electrons. The van der Waals surface area contributed by atoms with Gasteiger partial charge in [0.2, 0.25) is 0 Å². The molecule has 1 aliphatic heterocycles. The van der Waals surface area contributed by atoms with Crippen LogP contribution in [0.4, 0.5) is 0 Å². The Hall–Kier alpha value is -0.940. The Morgan fingerprint density at radius 3 is 3.11 bits per heavy atom. The minimum Gasteiger partial charge on any atom is -0.334 e. The van der Waals surface area contributed by atoms with Gasteiger partial charge in [0.25, 0.3) is 5.91 Å². The molecule has 1 saturated heterocycles. The standard InChI is InChI=1S/C13H21N3OS/c1-2-5-10-6-3-4-7-16(10)13(17)11-9-18-12(8-14)15-11/h9-10H,2-8,14H2,1H3. The van der Waals surface area contributed by atoms with Crippen molar-refractivity contribution in [2.45, 2.75) is 51.6 Å². The van der Waals surface area contributed by atoms with Crippen LogP contribution in [0.2, 0.25) is 0 Å². The topological polar surface area (TPSA) is 59.2 Å². The van der Waals surface area contributed by atoms with E-state index in [0.29, 0.717) is 18.3 Å². The fourth-order valence-corrected chi connectivity index (χ4v) is 3.20. The summed E-state index contributed by atoms with van der Waals surface area (Å²) in [5.41, 5.74) is 6.11. The Morgan fingerprint density at radius 2 is 2.44 bits per heavy atom. The molecule has 1 aromatic heterocycles. The molecule has 0 aliphatic carbocycles. The lowest BCUT2D eigenvalue weighted by Crippen LogP contribution is -2.43. The van der Waals surface area contributed by atoms with Crippen molar-refractivity contribution in [1.82, 2.24) is 9.88 Å². The lowest BCUT2D eigenvalue weighted by atomic mass is 9.98. The van der Waals surface area contributed by atoms with Crippen molar-refractivity contribution in [3.63, 3.8) is 0 Å². The third kappa shape index (κ3) is 2.90. The van der Waals surface area contributed by atoms with Gasteiger partial charge in [0.1, 0.15) is 10.7 Å². The average Bonchev–Trinajstić information content (AvgIpc) is 2.88. The number of thiazole rings is 1. The number of nitrogens with two attached hydrogens (primary N) is 1. The summed E-state index contributed by atoms with van der Waals surface area (Å²) < 4.78 is 0. The second-order valence-corrected chi connectivity index (χ2v) is 5.71. The zero-order valence-electron chi connectivity index (χ0n) is 10.9. The highest BCUT2D eigenvalue weighted by Gasteiger charge is 2.27. The first kappa shape index (κ1) is 13.5. The average molecular weight is 267 g/mol. The van der Waals surface area contributed by atoms with Gasteiger partial charge < -0.3 is 10.6 Å². The lowest BCUT2D eigenvalue weighted by Gasteiger charge is -2.35. The second kappa shape index (κ2) is 6.29. The van der Waals surface area contributed by atoms with Crippen LogP contribution in [0.25, 0.3) is 0 Å². The summed E-state index contributed by atoms with van der Waals surface area (Å²) in [7, 11) is 0. The molecule has 5 heteroatoms. The molecule has 1 atom stereocenters. The predicted octanol–water partition coefficient (Wildman–Crippen LogP) is 2.40. The Morgan fingerprint density at radius 1 is 1.61 bits per heavy atom. The summed E-state index contributed by atoms with van der Waals surface area (Å²) in [4.78, 5) is 18.8. The summed E-state index contributed by atoms with van der Waals surface area (Å²) in [6.07, 6.45) is 5.70. The lowest BCUT2D eigenvalue weighted by molar-refractivity contribution is 0.0595. The summed E-state index contributed by atoms with van der Waals surface area (Å²) in [5, 5.41) is 2.67. The first-order valence-electron chi connectivity index (χ1n) is 6.71. The molecule has 2 N–H and O–H groups in total. The van der Waals surface area contributed by atoms with Crippen molar-refractivity contribution in [2.75, 3.05) is 6.54 Å². The number of carbonyl (C=O) groups excluding carboxylic acids is 1. The normalized spacial score (nSPS) is 20.1. The highest BCUT2D eigenvalue weighted by molar-refractivity contribution is 7.09. The van der Waals surface area contributed by atoms with E-state index in [1.165, 1.54) is 17.8 Å². The van der Waals surface area contributed by atoms with Crippen molar-refractivity contribution >= 4 is 17.2 Å². The van der Waals surface area contributed by atoms with Crippen molar-refractivity contribution in [1.29, 1.82) is 0 Å². The fourth-order valence-electron chi connectivity index (χ4n) is 2.55. The van der Waals surface area contributed by atoms with Gasteiger partial charge in [-0.2, -0.15) is 0 Å². The number of carbonyl (C=O) groups is 1. The summed E-state index contributed by atoms with van der Waals surface area (Å²) in [6, 6.07) is 0.402. The maximum Gasteiger partial charge on any atom is 0.273 e. The molecule has 0 spiro atoms. The Balaban J connectivity index is 2.10. The maximum atomic E-state index is 12.4. The van der Waals surface area contributed by atoms with E-state index < -0.39 is 0 Å². The quantitative estimate of drug-likeness (QED) is 0.911. The van der Waals surface area contributed by atoms with Crippen LogP contribution in [0.1, 0.15) is 54.5 Å². The van der Waals surface area contributed by atoms with Gasteiger partial charge in [-0.15, -0.1) is 11.3 Å². The second-order valence-electron chi connectivity index (χ2n) is 4.77. The molecule has 1 aliphatic rings. The Labute approximate surface area is 112 Å². The molecular formula is C13H21N3OS. The molecule has 1 aromatic rings. The SMILES string of the molecule is CCCC1CCCCN1C(=O)c1csc(CN)n1. The molecule has 0 radical (unpaired) electrons. The summed E-state index contributed by atoms with van der Waals surface area (Å²) >= 11 is 1.47. The number of likely N-dealkylation sites (tertiary alicyclic amines) is 1. The minimum atomic E-state index is 0.0871. The molecule has 0 aromatic carbocycles. The van der Waals surface area contributed by atoms with Crippen LogP contribution in [-0.4, -0.2) is 28.4 Å². The zero-order valence-corrected chi connectivity index (χ0v) is 11.7. The monoisotopic (exact) mass is 267 g/mol. The van der Waals surface area contributed by atoms with E-state index >= 15 is 0 Å². The number of amides is 1. The molecule has 0 saturated carbocycles. The van der Waals surface area contributed by atoms with Crippen LogP contribution in [0.15, 0.2) is 5.38 Å². The van der Waals surface area contributed by atoms with Gasteiger partial charge in [-0.25, -0.2) is 4.98 Å². The van der Waals surface area contributed by atoms with Crippen LogP contribution in [-0.2, 0) is 6.54 Å². The number of piperidine rings is 1. The van der Waals surface area contributed by atoms with Crippen LogP contribution in [0.3, 0.4) is 0 Å². The number of nitrogens with zero attached hydrogens (tertiary/aromatic N) is 2. The molecule has 18 heavy (non-hydrogen) atoms. The number of hydrogen-bond donors (Lipinski definition) is 1. The van der Waals surface area contributed by atoms with Crippen molar-refractivity contribution in [2.24, 2.45) is 5.73 Å². The van der Waals surface area contributed by atoms with E-state index in [1.54, 1.807) is 0 Å². The van der Waals surface area contributed by atoms with Gasteiger partial charge >= 0.3 is 0 Å². The van der Waals surface area contributed by atoms with E-state index in [1.807, 2.05) is 10.3 Å². The molecule has 1 fully saturated rings. The van der Waals surface area contributed by atoms with E-state index in [0.717, 1.165) is 37.2 Å². The first-order chi connectivity index (χ1) is 8.76. The van der Waals surface area contributed by atoms with Crippen molar-refractivity contribution < 1.29 is 4.79 Å². The third-order valence-corrected chi connectivity index (χ3v) is 4.33. The van der Waals surface area contributed by atoms with Crippen molar-refractivity contribution in [3.05, 3.63) is 16.1 Å². The molecular weight excluding hydrogens is 246 g/mol. The van der Waals surface area contributed by atoms with Gasteiger partial charge in [0.15, 0.2) is 0 Å². The molecule has 4 nitrogen and oxygen atoms in total. The molecule has 2 heterocycles. The van der Waals surface area contributed by atoms with Crippen molar-refractivity contribution in [3.8, 4) is 0 Å². The van der Waals surface area contributed by atoms with E-state index in [-0.39, 0.29) is 5.91 Å². The largest absolute Gasteiger partial charge is 0.334 e. The first-order valence-corrected chi connectivity index (χ1v) is 7.59. The van der Waals surface area contributed by atoms with Crippen LogP contribution >= 0.6 is 11.3 Å². The number of hydrogen-bond acceptors (Lipinski definition) is 4. The van der Waals surface area contributed by atoms with Gasteiger partial charge in [0, 0.05) is 24.5 Å². The van der Waals surface area contributed by atoms with Gasteiger partial charge in [-0.1, -0.05) is 13.3 Å². The highest BCUT2D eigenvalue weighted by atomic mass is 32.1. The zero-order chi connectivity index (χ0) is 13.0. The Bertz CT molecular complexity index is 403. The summed E-state index contributed by atoms with van der Waals surface area (Å²) in [6.45, 7) is 3.46. The Kier molecular flexibility index (Phi) is 4.72. The number of rotatable bonds is 4. The molecule has 0 bridgehead atoms. The van der Waals surface area contributed by atoms with E-state index in [9.17, 15) is 4.79 Å². The maximum absolute atomic E-state index is 12.4. The molecule has 2 rings (SSSR count). The van der Waals surface area contributed by atoms with Gasteiger partial charge in [0.05, 0.1) is 0 Å². The summed E-state index contributed by atoms with van der Waals surface area (Å²) in [5.74, 6) is 0.0871. The molecule has 1 amide bonds. The number of aromatic nitrogens is 1. The van der Waals surface area contributed by atoms with Gasteiger partial charge in [-0.05, 0) is 25.7 Å². The van der Waals surface area contributed by atoms with Crippen LogP contribution < -0.4 is 5.73 Å². The van der Waals surface area contributed by atoms with Crippen LogP contribution in [0.5, 0.6) is 0 Å². The smallest absolute Gasteiger partial charge is 0.273 e. The van der Waals surface area contributed by atoms with E-state index in [4.69, 9.17) is 5.73 Å². The fraction of sp³-hybridized carbons (Fsp3) is 0.692. The highest BCUT2D eigenvalue weighted by Crippen LogP contribution is 2.23. The van der Waals surface area contributed by atoms with E-state index in [2.05, 4.69) is 11.9 Å². The third-order valence-electron chi connectivity index (χ3n) is 3.46. The predicted molar refractivity (Wildman–Crippen MR) is 73.6 cm³/mol.